The Kier molecular flexibility index (Phi) is 5.06. The SMILES string of the molecule is O=C(C=Cc1cccs1)N1CCCN(C2CCOC2)CC1. The number of hydrogen-bond donors (Lipinski definition) is 0. The summed E-state index contributed by atoms with van der Waals surface area (Å²) in [7, 11) is 0. The standard InChI is InChI=1S/C16H22N2O2S/c19-16(5-4-15-3-1-12-21-15)18-8-2-7-17(9-10-18)14-6-11-20-13-14/h1,3-5,12,14H,2,6-11,13H2. The van der Waals surface area contributed by atoms with Gasteiger partial charge >= 0.3 is 0 Å². The van der Waals surface area contributed by atoms with Gasteiger partial charge in [-0.3, -0.25) is 9.69 Å². The maximum atomic E-state index is 12.3. The first-order chi connectivity index (χ1) is 10.3. The number of carbonyl (C=O) groups is 1. The predicted molar refractivity (Wildman–Crippen MR) is 85.3 cm³/mol. The highest BCUT2D eigenvalue weighted by Gasteiger charge is 2.26. The molecule has 0 aromatic carbocycles. The van der Waals surface area contributed by atoms with Crippen LogP contribution in [0.15, 0.2) is 23.6 Å². The van der Waals surface area contributed by atoms with Crippen molar-refractivity contribution < 1.29 is 9.53 Å². The van der Waals surface area contributed by atoms with E-state index >= 15 is 0 Å². The smallest absolute Gasteiger partial charge is 0.246 e. The highest BCUT2D eigenvalue weighted by Crippen LogP contribution is 2.16. The molecule has 0 spiro atoms. The van der Waals surface area contributed by atoms with Crippen LogP contribution in [0.5, 0.6) is 0 Å². The second-order valence-corrected chi connectivity index (χ2v) is 6.56. The molecule has 2 fully saturated rings. The van der Waals surface area contributed by atoms with Gasteiger partial charge in [-0.05, 0) is 30.4 Å². The molecule has 0 N–H and O–H groups in total. The number of rotatable bonds is 3. The number of thiophene rings is 1. The lowest BCUT2D eigenvalue weighted by Crippen LogP contribution is -2.39. The maximum absolute atomic E-state index is 12.3. The lowest BCUT2D eigenvalue weighted by Gasteiger charge is -2.26. The molecule has 0 saturated carbocycles. The fraction of sp³-hybridized carbons (Fsp3) is 0.562. The van der Waals surface area contributed by atoms with Gasteiger partial charge in [-0.25, -0.2) is 0 Å². The van der Waals surface area contributed by atoms with Crippen molar-refractivity contribution in [3.63, 3.8) is 0 Å². The fourth-order valence-corrected chi connectivity index (χ4v) is 3.60. The van der Waals surface area contributed by atoms with Gasteiger partial charge in [0.25, 0.3) is 0 Å². The van der Waals surface area contributed by atoms with E-state index in [9.17, 15) is 4.79 Å². The summed E-state index contributed by atoms with van der Waals surface area (Å²) in [5, 5.41) is 2.03. The van der Waals surface area contributed by atoms with Crippen LogP contribution in [0.2, 0.25) is 0 Å². The van der Waals surface area contributed by atoms with Gasteiger partial charge < -0.3 is 9.64 Å². The van der Waals surface area contributed by atoms with E-state index in [4.69, 9.17) is 4.74 Å². The van der Waals surface area contributed by atoms with Crippen molar-refractivity contribution in [3.8, 4) is 0 Å². The second-order valence-electron chi connectivity index (χ2n) is 5.58. The summed E-state index contributed by atoms with van der Waals surface area (Å²) in [6.07, 6.45) is 5.81. The van der Waals surface area contributed by atoms with E-state index in [1.54, 1.807) is 17.4 Å². The third-order valence-electron chi connectivity index (χ3n) is 4.20. The van der Waals surface area contributed by atoms with Crippen LogP contribution in [0.4, 0.5) is 0 Å². The molecule has 2 aliphatic heterocycles. The number of carbonyl (C=O) groups excluding carboxylic acids is 1. The zero-order valence-electron chi connectivity index (χ0n) is 12.2. The Balaban J connectivity index is 1.53. The van der Waals surface area contributed by atoms with Crippen LogP contribution in [0.25, 0.3) is 6.08 Å². The average molecular weight is 306 g/mol. The van der Waals surface area contributed by atoms with E-state index in [1.807, 2.05) is 28.5 Å². The Morgan fingerprint density at radius 3 is 3.05 bits per heavy atom. The highest BCUT2D eigenvalue weighted by molar-refractivity contribution is 7.10. The fourth-order valence-electron chi connectivity index (χ4n) is 2.98. The van der Waals surface area contributed by atoms with Gasteiger partial charge in [-0.1, -0.05) is 6.07 Å². The molecule has 4 nitrogen and oxygen atoms in total. The molecule has 114 valence electrons. The Morgan fingerprint density at radius 2 is 2.29 bits per heavy atom. The molecule has 0 aliphatic carbocycles. The van der Waals surface area contributed by atoms with E-state index in [-0.39, 0.29) is 5.91 Å². The zero-order valence-corrected chi connectivity index (χ0v) is 13.1. The minimum Gasteiger partial charge on any atom is -0.380 e. The molecule has 0 bridgehead atoms. The van der Waals surface area contributed by atoms with Gasteiger partial charge in [-0.15, -0.1) is 11.3 Å². The second kappa shape index (κ2) is 7.20. The third-order valence-corrected chi connectivity index (χ3v) is 5.04. The first-order valence-electron chi connectivity index (χ1n) is 7.65. The maximum Gasteiger partial charge on any atom is 0.246 e. The van der Waals surface area contributed by atoms with Gasteiger partial charge in [0.2, 0.25) is 5.91 Å². The lowest BCUT2D eigenvalue weighted by atomic mass is 10.2. The number of hydrogen-bond acceptors (Lipinski definition) is 4. The molecular formula is C16H22N2O2S. The summed E-state index contributed by atoms with van der Waals surface area (Å²) < 4.78 is 5.47. The van der Waals surface area contributed by atoms with Crippen molar-refractivity contribution in [2.24, 2.45) is 0 Å². The Bertz CT molecular complexity index is 480. The summed E-state index contributed by atoms with van der Waals surface area (Å²) in [5.41, 5.74) is 0. The molecule has 1 atom stereocenters. The molecular weight excluding hydrogens is 284 g/mol. The summed E-state index contributed by atoms with van der Waals surface area (Å²) >= 11 is 1.65. The van der Waals surface area contributed by atoms with Crippen LogP contribution in [-0.4, -0.2) is 61.1 Å². The molecule has 3 rings (SSSR count). The van der Waals surface area contributed by atoms with Crippen LogP contribution in [-0.2, 0) is 9.53 Å². The van der Waals surface area contributed by atoms with E-state index in [2.05, 4.69) is 4.90 Å². The quantitative estimate of drug-likeness (QED) is 0.802. The average Bonchev–Trinajstić information content (AvgIpc) is 3.15. The predicted octanol–water partition coefficient (Wildman–Crippen LogP) is 2.08. The summed E-state index contributed by atoms with van der Waals surface area (Å²) in [6, 6.07) is 4.59. The van der Waals surface area contributed by atoms with Crippen LogP contribution in [0.1, 0.15) is 17.7 Å². The monoisotopic (exact) mass is 306 g/mol. The van der Waals surface area contributed by atoms with Gasteiger partial charge in [-0.2, -0.15) is 0 Å². The minimum absolute atomic E-state index is 0.132. The third kappa shape index (κ3) is 3.93. The van der Waals surface area contributed by atoms with Crippen LogP contribution in [0, 0.1) is 0 Å². The Morgan fingerprint density at radius 1 is 1.33 bits per heavy atom. The highest BCUT2D eigenvalue weighted by atomic mass is 32.1. The minimum atomic E-state index is 0.132. The molecule has 1 unspecified atom stereocenters. The largest absolute Gasteiger partial charge is 0.380 e. The summed E-state index contributed by atoms with van der Waals surface area (Å²) in [5.74, 6) is 0.132. The first-order valence-corrected chi connectivity index (χ1v) is 8.53. The van der Waals surface area contributed by atoms with Crippen molar-refractivity contribution >= 4 is 23.3 Å². The molecule has 1 aromatic heterocycles. The van der Waals surface area contributed by atoms with E-state index in [1.165, 1.54) is 0 Å². The molecule has 1 amide bonds. The topological polar surface area (TPSA) is 32.8 Å². The number of nitrogens with zero attached hydrogens (tertiary/aromatic N) is 2. The number of ether oxygens (including phenoxy) is 1. The van der Waals surface area contributed by atoms with Gasteiger partial charge in [0.15, 0.2) is 0 Å². The van der Waals surface area contributed by atoms with Crippen molar-refractivity contribution in [2.45, 2.75) is 18.9 Å². The van der Waals surface area contributed by atoms with Crippen molar-refractivity contribution in [1.82, 2.24) is 9.80 Å². The van der Waals surface area contributed by atoms with E-state index in [0.29, 0.717) is 6.04 Å². The van der Waals surface area contributed by atoms with Gasteiger partial charge in [0.1, 0.15) is 0 Å². The Hall–Kier alpha value is -1.17. The summed E-state index contributed by atoms with van der Waals surface area (Å²) in [4.78, 5) is 17.9. The number of amides is 1. The normalized spacial score (nSPS) is 24.6. The van der Waals surface area contributed by atoms with Crippen molar-refractivity contribution in [3.05, 3.63) is 28.5 Å². The first kappa shape index (κ1) is 14.8. The van der Waals surface area contributed by atoms with Crippen LogP contribution < -0.4 is 0 Å². The molecule has 2 aliphatic rings. The van der Waals surface area contributed by atoms with Gasteiger partial charge in [0.05, 0.1) is 6.61 Å². The molecule has 3 heterocycles. The summed E-state index contributed by atoms with van der Waals surface area (Å²) in [6.45, 7) is 5.46. The molecule has 21 heavy (non-hydrogen) atoms. The van der Waals surface area contributed by atoms with Crippen molar-refractivity contribution in [1.29, 1.82) is 0 Å². The van der Waals surface area contributed by atoms with Crippen molar-refractivity contribution in [2.75, 3.05) is 39.4 Å². The molecule has 2 saturated heterocycles. The van der Waals surface area contributed by atoms with E-state index < -0.39 is 0 Å². The Labute approximate surface area is 130 Å². The van der Waals surface area contributed by atoms with Gasteiger partial charge in [0, 0.05) is 49.8 Å². The van der Waals surface area contributed by atoms with Crippen LogP contribution >= 0.6 is 11.3 Å². The molecule has 0 radical (unpaired) electrons. The van der Waals surface area contributed by atoms with Crippen LogP contribution in [0.3, 0.4) is 0 Å². The molecule has 5 heteroatoms. The van der Waals surface area contributed by atoms with E-state index in [0.717, 1.165) is 57.1 Å². The lowest BCUT2D eigenvalue weighted by molar-refractivity contribution is -0.125. The molecule has 1 aromatic rings. The zero-order chi connectivity index (χ0) is 14.5.